The Balaban J connectivity index is 1.54. The first-order valence-corrected chi connectivity index (χ1v) is 13.2. The number of carbonyl (C=O) groups is 2. The highest BCUT2D eigenvalue weighted by Gasteiger charge is 2.21. The number of rotatable bonds is 8. The van der Waals surface area contributed by atoms with Crippen LogP contribution in [0.1, 0.15) is 51.4 Å². The molecule has 5 aromatic rings. The average molecular weight is 536 g/mol. The zero-order chi connectivity index (χ0) is 28.4. The van der Waals surface area contributed by atoms with E-state index in [2.05, 4.69) is 24.1 Å². The fourth-order valence-corrected chi connectivity index (χ4v) is 4.82. The standard InChI is InChI=1S/C33H30FN3O3/c1-19(2)18-37-33(39)27-16-21(6-12-26(27)25-5-4-14-36-20(25)3)15-22-7-13-29-28(17-22)30(32(35)38)31(40-29)23-8-10-24(34)11-9-23/h4-14,16-17,19H,15,18H2,1-3H3,(H2,35,38)(H,37,39). The number of nitrogens with two attached hydrogens (primary N) is 1. The van der Waals surface area contributed by atoms with Crippen LogP contribution in [0.5, 0.6) is 0 Å². The highest BCUT2D eigenvalue weighted by atomic mass is 19.1. The molecule has 0 bridgehead atoms. The Bertz CT molecular complexity index is 1720. The third-order valence-electron chi connectivity index (χ3n) is 6.81. The molecule has 0 saturated carbocycles. The topological polar surface area (TPSA) is 98.2 Å². The van der Waals surface area contributed by atoms with E-state index in [9.17, 15) is 14.0 Å². The molecule has 3 N–H and O–H groups in total. The first-order chi connectivity index (χ1) is 19.2. The van der Waals surface area contributed by atoms with Crippen LogP contribution in [0, 0.1) is 18.7 Å². The maximum Gasteiger partial charge on any atom is 0.253 e. The maximum absolute atomic E-state index is 13.5. The van der Waals surface area contributed by atoms with E-state index in [0.717, 1.165) is 27.9 Å². The van der Waals surface area contributed by atoms with Gasteiger partial charge in [-0.1, -0.05) is 38.1 Å². The van der Waals surface area contributed by atoms with Gasteiger partial charge >= 0.3 is 0 Å². The van der Waals surface area contributed by atoms with Gasteiger partial charge in [0.15, 0.2) is 0 Å². The maximum atomic E-state index is 13.5. The third-order valence-corrected chi connectivity index (χ3v) is 6.81. The number of hydrogen-bond donors (Lipinski definition) is 2. The van der Waals surface area contributed by atoms with Crippen molar-refractivity contribution in [3.8, 4) is 22.5 Å². The molecular weight excluding hydrogens is 505 g/mol. The number of halogens is 1. The van der Waals surface area contributed by atoms with Crippen molar-refractivity contribution < 1.29 is 18.4 Å². The van der Waals surface area contributed by atoms with Crippen molar-refractivity contribution in [2.45, 2.75) is 27.2 Å². The second-order valence-electron chi connectivity index (χ2n) is 10.3. The molecule has 2 amide bonds. The van der Waals surface area contributed by atoms with Gasteiger partial charge < -0.3 is 15.5 Å². The largest absolute Gasteiger partial charge is 0.455 e. The highest BCUT2D eigenvalue weighted by molar-refractivity contribution is 6.10. The summed E-state index contributed by atoms with van der Waals surface area (Å²) in [6, 6.07) is 21.0. The van der Waals surface area contributed by atoms with Crippen molar-refractivity contribution >= 4 is 22.8 Å². The van der Waals surface area contributed by atoms with E-state index in [-0.39, 0.29) is 17.3 Å². The molecule has 5 rings (SSSR count). The van der Waals surface area contributed by atoms with Crippen molar-refractivity contribution in [2.75, 3.05) is 6.54 Å². The van der Waals surface area contributed by atoms with Crippen LogP contribution in [0.15, 0.2) is 83.4 Å². The predicted octanol–water partition coefficient (Wildman–Crippen LogP) is 6.68. The van der Waals surface area contributed by atoms with Gasteiger partial charge in [0.05, 0.1) is 5.56 Å². The molecule has 0 atom stereocenters. The summed E-state index contributed by atoms with van der Waals surface area (Å²) in [7, 11) is 0. The normalized spacial score (nSPS) is 11.2. The Morgan fingerprint density at radius 3 is 2.40 bits per heavy atom. The Morgan fingerprint density at radius 1 is 0.975 bits per heavy atom. The Morgan fingerprint density at radius 2 is 1.70 bits per heavy atom. The molecule has 0 aliphatic rings. The number of aromatic nitrogens is 1. The van der Waals surface area contributed by atoms with Gasteiger partial charge in [0.1, 0.15) is 17.2 Å². The van der Waals surface area contributed by atoms with Crippen LogP contribution in [-0.2, 0) is 6.42 Å². The van der Waals surface area contributed by atoms with Crippen molar-refractivity contribution in [3.63, 3.8) is 0 Å². The SMILES string of the molecule is Cc1ncccc1-c1ccc(Cc2ccc3oc(-c4ccc(F)cc4)c(C(N)=O)c3c2)cc1C(=O)NCC(C)C. The molecule has 202 valence electrons. The number of primary amides is 1. The molecule has 0 aliphatic heterocycles. The minimum Gasteiger partial charge on any atom is -0.455 e. The number of aryl methyl sites for hydroxylation is 1. The van der Waals surface area contributed by atoms with Gasteiger partial charge in [-0.05, 0) is 84.5 Å². The van der Waals surface area contributed by atoms with Crippen LogP contribution in [-0.4, -0.2) is 23.3 Å². The first-order valence-electron chi connectivity index (χ1n) is 13.2. The van der Waals surface area contributed by atoms with Crippen molar-refractivity contribution in [1.82, 2.24) is 10.3 Å². The lowest BCUT2D eigenvalue weighted by molar-refractivity contribution is 0.0948. The lowest BCUT2D eigenvalue weighted by Crippen LogP contribution is -2.28. The molecule has 0 fully saturated rings. The highest BCUT2D eigenvalue weighted by Crippen LogP contribution is 2.35. The number of nitrogens with zero attached hydrogens (tertiary/aromatic N) is 1. The van der Waals surface area contributed by atoms with Crippen LogP contribution in [0.25, 0.3) is 33.4 Å². The van der Waals surface area contributed by atoms with Crippen LogP contribution >= 0.6 is 0 Å². The van der Waals surface area contributed by atoms with Gasteiger partial charge in [-0.2, -0.15) is 0 Å². The van der Waals surface area contributed by atoms with Crippen LogP contribution in [0.3, 0.4) is 0 Å². The molecule has 3 aromatic carbocycles. The summed E-state index contributed by atoms with van der Waals surface area (Å²) in [6.07, 6.45) is 2.25. The fourth-order valence-electron chi connectivity index (χ4n) is 4.82. The second-order valence-corrected chi connectivity index (χ2v) is 10.3. The van der Waals surface area contributed by atoms with E-state index >= 15 is 0 Å². The molecule has 0 saturated heterocycles. The van der Waals surface area contributed by atoms with Crippen molar-refractivity contribution in [2.24, 2.45) is 11.7 Å². The predicted molar refractivity (Wildman–Crippen MR) is 155 cm³/mol. The van der Waals surface area contributed by atoms with E-state index in [0.29, 0.717) is 46.7 Å². The average Bonchev–Trinajstić information content (AvgIpc) is 3.31. The van der Waals surface area contributed by atoms with Crippen LogP contribution in [0.2, 0.25) is 0 Å². The summed E-state index contributed by atoms with van der Waals surface area (Å²) < 4.78 is 19.5. The molecule has 0 unspecified atom stereocenters. The quantitative estimate of drug-likeness (QED) is 0.231. The minimum atomic E-state index is -0.629. The van der Waals surface area contributed by atoms with Gasteiger partial charge in [-0.3, -0.25) is 14.6 Å². The first kappa shape index (κ1) is 26.8. The Hall–Kier alpha value is -4.78. The van der Waals surface area contributed by atoms with Gasteiger partial charge in [0.25, 0.3) is 11.8 Å². The summed E-state index contributed by atoms with van der Waals surface area (Å²) in [5.74, 6) is -0.532. The van der Waals surface area contributed by atoms with Crippen molar-refractivity contribution in [1.29, 1.82) is 0 Å². The zero-order valence-corrected chi connectivity index (χ0v) is 22.6. The number of benzene rings is 3. The number of nitrogens with one attached hydrogen (secondary N) is 1. The second kappa shape index (κ2) is 11.1. The van der Waals surface area contributed by atoms with Gasteiger partial charge in [0.2, 0.25) is 0 Å². The molecule has 0 radical (unpaired) electrons. The molecule has 7 heteroatoms. The number of pyridine rings is 1. The van der Waals surface area contributed by atoms with Gasteiger partial charge in [-0.15, -0.1) is 0 Å². The Labute approximate surface area is 232 Å². The lowest BCUT2D eigenvalue weighted by atomic mass is 9.93. The van der Waals surface area contributed by atoms with Gasteiger partial charge in [-0.25, -0.2) is 4.39 Å². The van der Waals surface area contributed by atoms with E-state index in [1.807, 2.05) is 49.4 Å². The number of amides is 2. The monoisotopic (exact) mass is 535 g/mol. The minimum absolute atomic E-state index is 0.140. The lowest BCUT2D eigenvalue weighted by Gasteiger charge is -2.15. The fraction of sp³-hybridized carbons (Fsp3) is 0.182. The summed E-state index contributed by atoms with van der Waals surface area (Å²) in [6.45, 7) is 6.60. The van der Waals surface area contributed by atoms with E-state index in [4.69, 9.17) is 10.2 Å². The summed E-state index contributed by atoms with van der Waals surface area (Å²) >= 11 is 0. The van der Waals surface area contributed by atoms with E-state index < -0.39 is 5.91 Å². The molecule has 0 aliphatic carbocycles. The molecule has 2 heterocycles. The summed E-state index contributed by atoms with van der Waals surface area (Å²) in [5.41, 5.74) is 12.1. The summed E-state index contributed by atoms with van der Waals surface area (Å²) in [4.78, 5) is 30.2. The van der Waals surface area contributed by atoms with E-state index in [1.54, 1.807) is 24.4 Å². The zero-order valence-electron chi connectivity index (χ0n) is 22.6. The molecular formula is C33H30FN3O3. The van der Waals surface area contributed by atoms with Crippen molar-refractivity contribution in [3.05, 3.63) is 113 Å². The Kier molecular flexibility index (Phi) is 7.47. The molecule has 40 heavy (non-hydrogen) atoms. The number of hydrogen-bond acceptors (Lipinski definition) is 4. The molecule has 0 spiro atoms. The van der Waals surface area contributed by atoms with Crippen LogP contribution < -0.4 is 11.1 Å². The van der Waals surface area contributed by atoms with Gasteiger partial charge in [0, 0.05) is 40.5 Å². The smallest absolute Gasteiger partial charge is 0.253 e. The summed E-state index contributed by atoms with van der Waals surface area (Å²) in [5, 5.41) is 3.62. The van der Waals surface area contributed by atoms with Crippen LogP contribution in [0.4, 0.5) is 4.39 Å². The molecule has 2 aromatic heterocycles. The van der Waals surface area contributed by atoms with E-state index in [1.165, 1.54) is 12.1 Å². The number of fused-ring (bicyclic) bond motifs is 1. The third kappa shape index (κ3) is 5.50. The number of furan rings is 1. The number of carbonyl (C=O) groups excluding carboxylic acids is 2. The molecule has 6 nitrogen and oxygen atoms in total.